The van der Waals surface area contributed by atoms with Gasteiger partial charge in [-0.1, -0.05) is 0 Å². The molecule has 1 aliphatic heterocycles. The SMILES string of the molecule is CCn1cnc(S(=O)(=O)NC2CCCNC2)c1.Cl. The molecule has 0 aliphatic carbocycles. The Kier molecular flexibility index (Phi) is 5.58. The Bertz CT molecular complexity index is 468. The lowest BCUT2D eigenvalue weighted by molar-refractivity contribution is 0.428. The van der Waals surface area contributed by atoms with Gasteiger partial charge in [-0.3, -0.25) is 0 Å². The highest BCUT2D eigenvalue weighted by Crippen LogP contribution is 2.09. The minimum absolute atomic E-state index is 0. The van der Waals surface area contributed by atoms with Crippen molar-refractivity contribution >= 4 is 22.4 Å². The molecule has 1 aromatic rings. The number of piperidine rings is 1. The topological polar surface area (TPSA) is 76.0 Å². The van der Waals surface area contributed by atoms with Gasteiger partial charge in [-0.15, -0.1) is 12.4 Å². The van der Waals surface area contributed by atoms with Gasteiger partial charge in [0.1, 0.15) is 0 Å². The molecule has 8 heteroatoms. The lowest BCUT2D eigenvalue weighted by atomic mass is 10.1. The first-order valence-electron chi connectivity index (χ1n) is 5.86. The van der Waals surface area contributed by atoms with Crippen molar-refractivity contribution < 1.29 is 8.42 Å². The van der Waals surface area contributed by atoms with Gasteiger partial charge in [-0.05, 0) is 26.3 Å². The summed E-state index contributed by atoms with van der Waals surface area (Å²) in [4.78, 5) is 3.92. The number of sulfonamides is 1. The van der Waals surface area contributed by atoms with E-state index in [2.05, 4.69) is 15.0 Å². The van der Waals surface area contributed by atoms with Crippen molar-refractivity contribution in [2.75, 3.05) is 13.1 Å². The van der Waals surface area contributed by atoms with Crippen molar-refractivity contribution in [2.45, 2.75) is 37.4 Å². The van der Waals surface area contributed by atoms with Crippen LogP contribution in [0.2, 0.25) is 0 Å². The zero-order chi connectivity index (χ0) is 12.3. The van der Waals surface area contributed by atoms with E-state index >= 15 is 0 Å². The molecular weight excluding hydrogens is 276 g/mol. The second-order valence-corrected chi connectivity index (χ2v) is 5.87. The number of hydrogen-bond donors (Lipinski definition) is 2. The molecule has 2 rings (SSSR count). The van der Waals surface area contributed by atoms with Gasteiger partial charge in [0, 0.05) is 25.3 Å². The summed E-state index contributed by atoms with van der Waals surface area (Å²) in [6.45, 7) is 4.31. The van der Waals surface area contributed by atoms with E-state index in [0.29, 0.717) is 13.1 Å². The lowest BCUT2D eigenvalue weighted by Crippen LogP contribution is -2.45. The summed E-state index contributed by atoms with van der Waals surface area (Å²) in [6.07, 6.45) is 4.96. The van der Waals surface area contributed by atoms with Crippen LogP contribution in [0.25, 0.3) is 0 Å². The quantitative estimate of drug-likeness (QED) is 0.840. The second-order valence-electron chi connectivity index (χ2n) is 4.21. The monoisotopic (exact) mass is 294 g/mol. The third kappa shape index (κ3) is 3.68. The number of aromatic nitrogens is 2. The van der Waals surface area contributed by atoms with E-state index in [9.17, 15) is 8.42 Å². The number of halogens is 1. The predicted molar refractivity (Wildman–Crippen MR) is 71.4 cm³/mol. The largest absolute Gasteiger partial charge is 0.336 e. The molecule has 2 heterocycles. The molecular formula is C10H19ClN4O2S. The number of nitrogens with zero attached hydrogens (tertiary/aromatic N) is 2. The van der Waals surface area contributed by atoms with E-state index in [1.165, 1.54) is 6.33 Å². The van der Waals surface area contributed by atoms with Gasteiger partial charge in [-0.25, -0.2) is 18.1 Å². The molecule has 0 bridgehead atoms. The van der Waals surface area contributed by atoms with Crippen LogP contribution in [0.15, 0.2) is 17.6 Å². The van der Waals surface area contributed by atoms with Crippen LogP contribution in [0.5, 0.6) is 0 Å². The molecule has 104 valence electrons. The van der Waals surface area contributed by atoms with Crippen LogP contribution in [0.1, 0.15) is 19.8 Å². The summed E-state index contributed by atoms with van der Waals surface area (Å²) in [5.74, 6) is 0. The first-order valence-corrected chi connectivity index (χ1v) is 7.35. The minimum atomic E-state index is -3.47. The van der Waals surface area contributed by atoms with Crippen LogP contribution < -0.4 is 10.0 Å². The van der Waals surface area contributed by atoms with E-state index in [4.69, 9.17) is 0 Å². The highest BCUT2D eigenvalue weighted by atomic mass is 35.5. The van der Waals surface area contributed by atoms with Crippen molar-refractivity contribution in [3.8, 4) is 0 Å². The van der Waals surface area contributed by atoms with Crippen LogP contribution in [0.3, 0.4) is 0 Å². The lowest BCUT2D eigenvalue weighted by Gasteiger charge is -2.23. The predicted octanol–water partition coefficient (Wildman–Crippen LogP) is 0.355. The van der Waals surface area contributed by atoms with Crippen molar-refractivity contribution in [1.29, 1.82) is 0 Å². The number of aryl methyl sites for hydroxylation is 1. The van der Waals surface area contributed by atoms with Crippen LogP contribution >= 0.6 is 12.4 Å². The van der Waals surface area contributed by atoms with Crippen LogP contribution in [-0.2, 0) is 16.6 Å². The minimum Gasteiger partial charge on any atom is -0.336 e. The van der Waals surface area contributed by atoms with Crippen LogP contribution in [-0.4, -0.2) is 37.1 Å². The van der Waals surface area contributed by atoms with E-state index in [1.54, 1.807) is 10.8 Å². The molecule has 1 saturated heterocycles. The van der Waals surface area contributed by atoms with E-state index in [0.717, 1.165) is 19.4 Å². The Labute approximate surface area is 114 Å². The second kappa shape index (κ2) is 6.51. The molecule has 1 atom stereocenters. The van der Waals surface area contributed by atoms with Crippen LogP contribution in [0.4, 0.5) is 0 Å². The van der Waals surface area contributed by atoms with E-state index in [-0.39, 0.29) is 23.5 Å². The maximum atomic E-state index is 12.0. The Balaban J connectivity index is 0.00000162. The Morgan fingerprint density at radius 3 is 2.94 bits per heavy atom. The zero-order valence-corrected chi connectivity index (χ0v) is 11.9. The third-order valence-electron chi connectivity index (χ3n) is 2.87. The van der Waals surface area contributed by atoms with Crippen molar-refractivity contribution in [3.63, 3.8) is 0 Å². The normalized spacial score (nSPS) is 20.4. The first kappa shape index (κ1) is 15.4. The summed E-state index contributed by atoms with van der Waals surface area (Å²) in [7, 11) is -3.47. The maximum Gasteiger partial charge on any atom is 0.259 e. The molecule has 0 radical (unpaired) electrons. The molecule has 1 unspecified atom stereocenters. The van der Waals surface area contributed by atoms with E-state index in [1.807, 2.05) is 6.92 Å². The number of imidazole rings is 1. The number of hydrogen-bond acceptors (Lipinski definition) is 4. The molecule has 1 aliphatic rings. The van der Waals surface area contributed by atoms with Gasteiger partial charge in [0.05, 0.1) is 6.33 Å². The van der Waals surface area contributed by atoms with Crippen LogP contribution in [0, 0.1) is 0 Å². The van der Waals surface area contributed by atoms with Gasteiger partial charge in [0.15, 0.2) is 5.03 Å². The molecule has 2 N–H and O–H groups in total. The number of rotatable bonds is 4. The zero-order valence-electron chi connectivity index (χ0n) is 10.3. The van der Waals surface area contributed by atoms with Gasteiger partial charge in [-0.2, -0.15) is 0 Å². The molecule has 6 nitrogen and oxygen atoms in total. The summed E-state index contributed by atoms with van der Waals surface area (Å²) in [6, 6.07) is -0.0273. The first-order chi connectivity index (χ1) is 8.12. The average Bonchev–Trinajstić information content (AvgIpc) is 2.79. The van der Waals surface area contributed by atoms with Gasteiger partial charge < -0.3 is 9.88 Å². The summed E-state index contributed by atoms with van der Waals surface area (Å²) in [5.41, 5.74) is 0. The molecule has 0 amide bonds. The Morgan fingerprint density at radius 1 is 1.61 bits per heavy atom. The summed E-state index contributed by atoms with van der Waals surface area (Å²) in [5, 5.41) is 3.27. The fourth-order valence-corrected chi connectivity index (χ4v) is 3.10. The van der Waals surface area contributed by atoms with Gasteiger partial charge in [0.25, 0.3) is 10.0 Å². The molecule has 18 heavy (non-hydrogen) atoms. The summed E-state index contributed by atoms with van der Waals surface area (Å²) >= 11 is 0. The molecule has 0 spiro atoms. The van der Waals surface area contributed by atoms with E-state index < -0.39 is 10.0 Å². The molecule has 0 saturated carbocycles. The molecule has 1 aromatic heterocycles. The van der Waals surface area contributed by atoms with Gasteiger partial charge >= 0.3 is 0 Å². The van der Waals surface area contributed by atoms with Crippen molar-refractivity contribution in [2.24, 2.45) is 0 Å². The summed E-state index contributed by atoms with van der Waals surface area (Å²) < 4.78 is 28.5. The third-order valence-corrected chi connectivity index (χ3v) is 4.27. The standard InChI is InChI=1S/C10H18N4O2S.ClH/c1-2-14-7-10(12-8-14)17(15,16)13-9-4-3-5-11-6-9;/h7-9,11,13H,2-6H2,1H3;1H. The highest BCUT2D eigenvalue weighted by molar-refractivity contribution is 7.89. The molecule has 1 fully saturated rings. The van der Waals surface area contributed by atoms with Gasteiger partial charge in [0.2, 0.25) is 0 Å². The fraction of sp³-hybridized carbons (Fsp3) is 0.700. The Morgan fingerprint density at radius 2 is 2.39 bits per heavy atom. The molecule has 0 aromatic carbocycles. The smallest absolute Gasteiger partial charge is 0.259 e. The fourth-order valence-electron chi connectivity index (χ4n) is 1.88. The van der Waals surface area contributed by atoms with Crippen molar-refractivity contribution in [3.05, 3.63) is 12.5 Å². The average molecular weight is 295 g/mol. The highest BCUT2D eigenvalue weighted by Gasteiger charge is 2.23. The van der Waals surface area contributed by atoms with Crippen molar-refractivity contribution in [1.82, 2.24) is 19.6 Å². The Hall–Kier alpha value is -0.630. The number of nitrogens with one attached hydrogen (secondary N) is 2. The maximum absolute atomic E-state index is 12.0.